The number of amides is 1. The highest BCUT2D eigenvalue weighted by Gasteiger charge is 2.53. The van der Waals surface area contributed by atoms with Crippen LogP contribution in [0.25, 0.3) is 0 Å². The summed E-state index contributed by atoms with van der Waals surface area (Å²) in [5.41, 5.74) is 5.68. The van der Waals surface area contributed by atoms with Crippen LogP contribution in [-0.2, 0) is 20.7 Å². The summed E-state index contributed by atoms with van der Waals surface area (Å²) in [6, 6.07) is 7.95. The summed E-state index contributed by atoms with van der Waals surface area (Å²) in [4.78, 5) is 15.0. The van der Waals surface area contributed by atoms with Crippen LogP contribution in [0.3, 0.4) is 0 Å². The van der Waals surface area contributed by atoms with Crippen molar-refractivity contribution in [2.75, 3.05) is 6.61 Å². The van der Waals surface area contributed by atoms with Gasteiger partial charge >= 0.3 is 0 Å². The number of hydrogen-bond acceptors (Lipinski definition) is 5. The van der Waals surface area contributed by atoms with E-state index in [4.69, 9.17) is 10.5 Å². The smallest absolute Gasteiger partial charge is 0.298 e. The Labute approximate surface area is 249 Å². The third kappa shape index (κ3) is 6.95. The summed E-state index contributed by atoms with van der Waals surface area (Å²) in [6.45, 7) is 0.535. The lowest BCUT2D eigenvalue weighted by atomic mass is 9.87. The van der Waals surface area contributed by atoms with Crippen LogP contribution < -0.4 is 15.2 Å². The molecule has 2 saturated heterocycles. The van der Waals surface area contributed by atoms with Gasteiger partial charge in [-0.05, 0) is 74.4 Å². The highest BCUT2D eigenvalue weighted by atomic mass is 79.9. The highest BCUT2D eigenvalue weighted by molar-refractivity contribution is 9.10. The lowest BCUT2D eigenvalue weighted by molar-refractivity contribution is -0.149. The number of fused-ring (bicyclic) bond motifs is 2. The Balaban J connectivity index is 1.35. The maximum Gasteiger partial charge on any atom is 0.298 e. The molecule has 1 amide bonds. The molecule has 2 heterocycles. The lowest BCUT2D eigenvalue weighted by Crippen LogP contribution is -2.60. The van der Waals surface area contributed by atoms with Crippen LogP contribution in [0, 0.1) is 5.92 Å². The number of nitrogens with zero attached hydrogens (tertiary/aromatic N) is 1. The zero-order valence-corrected chi connectivity index (χ0v) is 25.4. The predicted molar refractivity (Wildman–Crippen MR) is 156 cm³/mol. The summed E-state index contributed by atoms with van der Waals surface area (Å²) in [6.07, 6.45) is 9.50. The molecule has 3 N–H and O–H groups in total. The normalized spacial score (nSPS) is 24.3. The van der Waals surface area contributed by atoms with E-state index >= 15 is 8.78 Å². The van der Waals surface area contributed by atoms with Crippen LogP contribution in [0.15, 0.2) is 57.9 Å². The largest absolute Gasteiger partial charge is 0.494 e. The molecule has 2 unspecified atom stereocenters. The van der Waals surface area contributed by atoms with E-state index < -0.39 is 33.5 Å². The fourth-order valence-corrected chi connectivity index (χ4v) is 8.06. The third-order valence-electron chi connectivity index (χ3n) is 8.79. The van der Waals surface area contributed by atoms with Gasteiger partial charge in [-0.3, -0.25) is 4.79 Å². The second kappa shape index (κ2) is 12.7. The number of nitrogens with one attached hydrogen (secondary N) is 1. The Bertz CT molecular complexity index is 1290. The molecular weight excluding hydrogens is 616 g/mol. The van der Waals surface area contributed by atoms with E-state index in [9.17, 15) is 13.2 Å². The van der Waals surface area contributed by atoms with E-state index in [1.807, 2.05) is 0 Å². The quantitative estimate of drug-likeness (QED) is 0.342. The zero-order valence-electron chi connectivity index (χ0n) is 23.0. The van der Waals surface area contributed by atoms with Gasteiger partial charge in [0.2, 0.25) is 15.9 Å². The van der Waals surface area contributed by atoms with Crippen LogP contribution in [0.4, 0.5) is 8.78 Å². The first-order valence-corrected chi connectivity index (χ1v) is 16.8. The monoisotopic (exact) mass is 653 g/mol. The molecule has 2 bridgehead atoms. The van der Waals surface area contributed by atoms with Gasteiger partial charge in [0.15, 0.2) is 6.04 Å². The Morgan fingerprint density at radius 1 is 1.00 bits per heavy atom. The molecule has 3 atom stereocenters. The number of carbonyl (C=O) groups excluding carboxylic acids is 1. The van der Waals surface area contributed by atoms with Crippen molar-refractivity contribution in [2.45, 2.75) is 99.2 Å². The fraction of sp³-hybridized carbons (Fsp3) is 0.567. The topological polar surface area (TPSA) is 102 Å². The Morgan fingerprint density at radius 3 is 2.22 bits per heavy atom. The van der Waals surface area contributed by atoms with E-state index in [0.29, 0.717) is 48.4 Å². The SMILES string of the molecule is NC1CC2CCC(C1)N2C(=O)[C@H](NS(=O)(=O)c1ccc(OCCC2CCCCC2)cc1)C(F)(F)c1ccc(Br)cc1. The van der Waals surface area contributed by atoms with Crippen molar-refractivity contribution < 1.29 is 26.7 Å². The number of nitrogens with two attached hydrogens (primary N) is 1. The third-order valence-corrected chi connectivity index (χ3v) is 10.8. The van der Waals surface area contributed by atoms with Crippen LogP contribution in [0.1, 0.15) is 69.8 Å². The number of sulfonamides is 1. The minimum absolute atomic E-state index is 0.109. The second-order valence-electron chi connectivity index (χ2n) is 11.7. The summed E-state index contributed by atoms with van der Waals surface area (Å²) in [5, 5.41) is 0. The molecule has 0 radical (unpaired) electrons. The van der Waals surface area contributed by atoms with Crippen molar-refractivity contribution >= 4 is 31.9 Å². The second-order valence-corrected chi connectivity index (χ2v) is 14.3. The number of piperidine rings is 1. The molecule has 224 valence electrons. The van der Waals surface area contributed by atoms with Gasteiger partial charge in [0.1, 0.15) is 5.75 Å². The number of alkyl halides is 2. The summed E-state index contributed by atoms with van der Waals surface area (Å²) in [5.74, 6) is -3.58. The van der Waals surface area contributed by atoms with Gasteiger partial charge < -0.3 is 15.4 Å². The van der Waals surface area contributed by atoms with E-state index in [-0.39, 0.29) is 23.0 Å². The summed E-state index contributed by atoms with van der Waals surface area (Å²) >= 11 is 3.24. The van der Waals surface area contributed by atoms with Gasteiger partial charge in [-0.15, -0.1) is 0 Å². The average molecular weight is 655 g/mol. The van der Waals surface area contributed by atoms with E-state index in [1.165, 1.54) is 85.5 Å². The Morgan fingerprint density at radius 2 is 1.61 bits per heavy atom. The van der Waals surface area contributed by atoms with E-state index in [0.717, 1.165) is 6.42 Å². The number of hydrogen-bond donors (Lipinski definition) is 2. The van der Waals surface area contributed by atoms with Crippen molar-refractivity contribution in [3.05, 3.63) is 58.6 Å². The number of rotatable bonds is 10. The van der Waals surface area contributed by atoms with Crippen LogP contribution >= 0.6 is 15.9 Å². The van der Waals surface area contributed by atoms with Crippen molar-refractivity contribution in [2.24, 2.45) is 11.7 Å². The first-order valence-electron chi connectivity index (χ1n) is 14.5. The number of benzene rings is 2. The molecule has 5 rings (SSSR count). The Kier molecular flexibility index (Phi) is 9.37. The molecule has 0 aromatic heterocycles. The first kappa shape index (κ1) is 30.4. The molecule has 3 aliphatic rings. The standard InChI is InChI=1S/C30H38BrF2N3O4S/c31-22-8-6-21(7-9-22)30(32,33)28(29(37)36-24-10-11-25(36)19-23(34)18-24)35-41(38,39)27-14-12-26(13-15-27)40-17-16-20-4-2-1-3-5-20/h6-9,12-15,20,23-25,28,35H,1-5,10-11,16-19,34H2/t23?,24?,25?,28-/m0/s1. The maximum absolute atomic E-state index is 16.1. The van der Waals surface area contributed by atoms with E-state index in [2.05, 4.69) is 20.7 Å². The molecule has 3 fully saturated rings. The van der Waals surface area contributed by atoms with Crippen molar-refractivity contribution in [3.8, 4) is 5.75 Å². The zero-order chi connectivity index (χ0) is 29.2. The van der Waals surface area contributed by atoms with Crippen molar-refractivity contribution in [3.63, 3.8) is 0 Å². The fourth-order valence-electron chi connectivity index (χ4n) is 6.60. The molecule has 11 heteroatoms. The highest BCUT2D eigenvalue weighted by Crippen LogP contribution is 2.40. The van der Waals surface area contributed by atoms with Crippen LogP contribution in [0.2, 0.25) is 0 Å². The number of halogens is 3. The lowest BCUT2D eigenvalue weighted by Gasteiger charge is -2.41. The average Bonchev–Trinajstić information content (AvgIpc) is 3.23. The number of carbonyl (C=O) groups is 1. The predicted octanol–water partition coefficient (Wildman–Crippen LogP) is 5.72. The maximum atomic E-state index is 16.1. The van der Waals surface area contributed by atoms with Crippen LogP contribution in [-0.4, -0.2) is 50.0 Å². The summed E-state index contributed by atoms with van der Waals surface area (Å²) < 4.78 is 67.5. The van der Waals surface area contributed by atoms with Gasteiger partial charge in [0.25, 0.3) is 5.92 Å². The van der Waals surface area contributed by atoms with E-state index in [1.54, 1.807) is 0 Å². The molecular formula is C30H38BrF2N3O4S. The molecule has 7 nitrogen and oxygen atoms in total. The molecule has 1 saturated carbocycles. The van der Waals surface area contributed by atoms with Crippen molar-refractivity contribution in [1.82, 2.24) is 9.62 Å². The van der Waals surface area contributed by atoms with Crippen molar-refractivity contribution in [1.29, 1.82) is 0 Å². The molecule has 2 aliphatic heterocycles. The number of ether oxygens (including phenoxy) is 1. The molecule has 41 heavy (non-hydrogen) atoms. The molecule has 0 spiro atoms. The first-order chi connectivity index (χ1) is 19.5. The minimum atomic E-state index is -4.49. The minimum Gasteiger partial charge on any atom is -0.494 e. The van der Waals surface area contributed by atoms with Gasteiger partial charge in [0.05, 0.1) is 11.5 Å². The van der Waals surface area contributed by atoms with Gasteiger partial charge in [-0.1, -0.05) is 60.2 Å². The Hall–Kier alpha value is -2.08. The summed E-state index contributed by atoms with van der Waals surface area (Å²) in [7, 11) is -4.49. The van der Waals surface area contributed by atoms with Crippen LogP contribution in [0.5, 0.6) is 5.75 Å². The molecule has 2 aromatic rings. The van der Waals surface area contributed by atoms with Gasteiger partial charge in [-0.25, -0.2) is 8.42 Å². The molecule has 1 aliphatic carbocycles. The van der Waals surface area contributed by atoms with Gasteiger partial charge in [-0.2, -0.15) is 13.5 Å². The van der Waals surface area contributed by atoms with Gasteiger partial charge in [0, 0.05) is 28.2 Å². The molecule has 2 aromatic carbocycles.